The molecule has 0 atom stereocenters. The van der Waals surface area contributed by atoms with Gasteiger partial charge in [0.05, 0.1) is 0 Å². The van der Waals surface area contributed by atoms with Crippen molar-refractivity contribution in [2.24, 2.45) is 0 Å². The largest absolute Gasteiger partial charge is 0.486 e. The Balaban J connectivity index is 1.52. The van der Waals surface area contributed by atoms with Crippen molar-refractivity contribution in [2.75, 3.05) is 13.2 Å². The number of hydrogen-bond acceptors (Lipinski definition) is 6. The van der Waals surface area contributed by atoms with Gasteiger partial charge in [-0.25, -0.2) is 0 Å². The normalized spacial score (nSPS) is 13.8. The quantitative estimate of drug-likeness (QED) is 0.499. The summed E-state index contributed by atoms with van der Waals surface area (Å²) in [7, 11) is 0. The van der Waals surface area contributed by atoms with Crippen LogP contribution >= 0.6 is 11.3 Å². The molecule has 0 bridgehead atoms. The van der Waals surface area contributed by atoms with Crippen LogP contribution in [0.1, 0.15) is 26.3 Å². The predicted molar refractivity (Wildman–Crippen MR) is 109 cm³/mol. The smallest absolute Gasteiger partial charge is 0.235 e. The number of ether oxygens (including phenoxy) is 2. The van der Waals surface area contributed by atoms with Crippen LogP contribution in [0.25, 0.3) is 26.9 Å². The molecule has 0 unspecified atom stereocenters. The summed E-state index contributed by atoms with van der Waals surface area (Å²) in [5.74, 6) is 2.28. The zero-order valence-electron chi connectivity index (χ0n) is 16.0. The van der Waals surface area contributed by atoms with Crippen LogP contribution in [0, 0.1) is 0 Å². The monoisotopic (exact) mass is 392 g/mol. The third-order valence-electron chi connectivity index (χ3n) is 4.79. The maximum Gasteiger partial charge on any atom is 0.235 e. The van der Waals surface area contributed by atoms with E-state index in [9.17, 15) is 0 Å². The van der Waals surface area contributed by atoms with Gasteiger partial charge in [-0.15, -0.1) is 10.2 Å². The summed E-state index contributed by atoms with van der Waals surface area (Å²) >= 11 is 1.51. The zero-order valence-corrected chi connectivity index (χ0v) is 16.8. The Morgan fingerprint density at radius 1 is 0.893 bits per heavy atom. The van der Waals surface area contributed by atoms with E-state index in [-0.39, 0.29) is 5.41 Å². The first-order valence-electron chi connectivity index (χ1n) is 9.22. The Morgan fingerprint density at radius 2 is 1.61 bits per heavy atom. The topological polar surface area (TPSA) is 61.5 Å². The summed E-state index contributed by atoms with van der Waals surface area (Å²) in [5.41, 5.74) is 3.38. The Morgan fingerprint density at radius 3 is 2.36 bits per heavy atom. The molecule has 2 aromatic heterocycles. The number of aromatic nitrogens is 4. The van der Waals surface area contributed by atoms with Crippen LogP contribution in [0.4, 0.5) is 0 Å². The molecule has 7 heteroatoms. The van der Waals surface area contributed by atoms with Gasteiger partial charge in [0.1, 0.15) is 18.2 Å². The van der Waals surface area contributed by atoms with Gasteiger partial charge in [0.2, 0.25) is 4.96 Å². The molecule has 0 aliphatic carbocycles. The lowest BCUT2D eigenvalue weighted by Gasteiger charge is -2.18. The van der Waals surface area contributed by atoms with E-state index in [1.807, 2.05) is 22.7 Å². The van der Waals surface area contributed by atoms with E-state index >= 15 is 0 Å². The van der Waals surface area contributed by atoms with Gasteiger partial charge in [-0.1, -0.05) is 56.4 Å². The first kappa shape index (κ1) is 17.2. The number of rotatable bonds is 2. The first-order valence-corrected chi connectivity index (χ1v) is 10.0. The fourth-order valence-electron chi connectivity index (χ4n) is 3.21. The lowest BCUT2D eigenvalue weighted by atomic mass is 9.87. The second-order valence-electron chi connectivity index (χ2n) is 7.81. The minimum Gasteiger partial charge on any atom is -0.486 e. The van der Waals surface area contributed by atoms with Gasteiger partial charge in [-0.3, -0.25) is 0 Å². The number of fused-ring (bicyclic) bond motifs is 2. The summed E-state index contributed by atoms with van der Waals surface area (Å²) in [6.45, 7) is 7.77. The average molecular weight is 392 g/mol. The minimum atomic E-state index is 0.116. The maximum atomic E-state index is 5.69. The number of hydrogen-bond donors (Lipinski definition) is 0. The highest BCUT2D eigenvalue weighted by molar-refractivity contribution is 7.19. The van der Waals surface area contributed by atoms with E-state index in [0.717, 1.165) is 38.4 Å². The third kappa shape index (κ3) is 2.92. The van der Waals surface area contributed by atoms with Gasteiger partial charge in [-0.2, -0.15) is 9.61 Å². The molecule has 0 N–H and O–H groups in total. The fourth-order valence-corrected chi connectivity index (χ4v) is 4.04. The van der Waals surface area contributed by atoms with E-state index in [1.165, 1.54) is 16.9 Å². The average Bonchev–Trinajstić information content (AvgIpc) is 3.28. The molecule has 0 fully saturated rings. The molecular weight excluding hydrogens is 372 g/mol. The van der Waals surface area contributed by atoms with Crippen molar-refractivity contribution in [3.63, 3.8) is 0 Å². The fraction of sp³-hybridized carbons (Fsp3) is 0.286. The second-order valence-corrected chi connectivity index (χ2v) is 8.77. The lowest BCUT2D eigenvalue weighted by molar-refractivity contribution is 0.171. The van der Waals surface area contributed by atoms with Crippen molar-refractivity contribution in [3.05, 3.63) is 48.0 Å². The van der Waals surface area contributed by atoms with E-state index < -0.39 is 0 Å². The SMILES string of the molecule is CC(C)(C)c1ccc(-c2nnc3sc(-c4ccc5c(c4)OCCO5)nn23)cc1. The van der Waals surface area contributed by atoms with Crippen LogP contribution in [0.3, 0.4) is 0 Å². The van der Waals surface area contributed by atoms with Crippen LogP contribution in [0.2, 0.25) is 0 Å². The van der Waals surface area contributed by atoms with Gasteiger partial charge >= 0.3 is 0 Å². The molecule has 0 spiro atoms. The standard InChI is InChI=1S/C21H20N4O2S/c1-21(2,3)15-7-4-13(5-8-15)18-22-23-20-25(18)24-19(28-20)14-6-9-16-17(12-14)27-11-10-26-16/h4-9,12H,10-11H2,1-3H3. The molecule has 1 aliphatic rings. The third-order valence-corrected chi connectivity index (χ3v) is 5.74. The molecule has 2 aromatic carbocycles. The summed E-state index contributed by atoms with van der Waals surface area (Å²) in [4.78, 5) is 0.764. The van der Waals surface area contributed by atoms with Gasteiger partial charge in [0.15, 0.2) is 17.3 Å². The second kappa shape index (κ2) is 6.31. The molecule has 5 rings (SSSR count). The van der Waals surface area contributed by atoms with Crippen molar-refractivity contribution in [2.45, 2.75) is 26.2 Å². The van der Waals surface area contributed by atoms with Crippen LogP contribution in [0.15, 0.2) is 42.5 Å². The molecule has 4 aromatic rings. The summed E-state index contributed by atoms with van der Waals surface area (Å²) in [6, 6.07) is 14.3. The van der Waals surface area contributed by atoms with Gasteiger partial charge in [-0.05, 0) is 29.2 Å². The van der Waals surface area contributed by atoms with Crippen molar-refractivity contribution in [1.29, 1.82) is 0 Å². The molecule has 0 amide bonds. The highest BCUT2D eigenvalue weighted by Crippen LogP contribution is 2.36. The summed E-state index contributed by atoms with van der Waals surface area (Å²) in [5, 5.41) is 14.3. The van der Waals surface area contributed by atoms with Crippen LogP contribution in [0.5, 0.6) is 11.5 Å². The molecule has 0 saturated heterocycles. The molecule has 142 valence electrons. The molecular formula is C21H20N4O2S. The molecule has 6 nitrogen and oxygen atoms in total. The van der Waals surface area contributed by atoms with E-state index in [1.54, 1.807) is 0 Å². The molecule has 0 saturated carbocycles. The Bertz CT molecular complexity index is 1160. The van der Waals surface area contributed by atoms with E-state index in [0.29, 0.717) is 13.2 Å². The zero-order chi connectivity index (χ0) is 19.3. The van der Waals surface area contributed by atoms with E-state index in [2.05, 4.69) is 55.2 Å². The van der Waals surface area contributed by atoms with Gasteiger partial charge < -0.3 is 9.47 Å². The van der Waals surface area contributed by atoms with Crippen LogP contribution in [-0.4, -0.2) is 33.0 Å². The van der Waals surface area contributed by atoms with Gasteiger partial charge in [0, 0.05) is 11.1 Å². The predicted octanol–water partition coefficient (Wildman–Crippen LogP) is 4.59. The Hall–Kier alpha value is -2.93. The van der Waals surface area contributed by atoms with Crippen molar-refractivity contribution in [3.8, 4) is 33.5 Å². The Labute approximate surface area is 166 Å². The van der Waals surface area contributed by atoms with Crippen molar-refractivity contribution < 1.29 is 9.47 Å². The Kier molecular flexibility index (Phi) is 3.87. The summed E-state index contributed by atoms with van der Waals surface area (Å²) in [6.07, 6.45) is 0. The van der Waals surface area contributed by atoms with E-state index in [4.69, 9.17) is 14.6 Å². The minimum absolute atomic E-state index is 0.116. The van der Waals surface area contributed by atoms with Crippen molar-refractivity contribution in [1.82, 2.24) is 19.8 Å². The highest BCUT2D eigenvalue weighted by Gasteiger charge is 2.18. The highest BCUT2D eigenvalue weighted by atomic mass is 32.1. The molecule has 28 heavy (non-hydrogen) atoms. The molecule has 1 aliphatic heterocycles. The van der Waals surface area contributed by atoms with Gasteiger partial charge in [0.25, 0.3) is 0 Å². The number of nitrogens with zero attached hydrogens (tertiary/aromatic N) is 4. The van der Waals surface area contributed by atoms with Crippen molar-refractivity contribution >= 4 is 16.3 Å². The molecule has 0 radical (unpaired) electrons. The number of benzene rings is 2. The van der Waals surface area contributed by atoms with Crippen LogP contribution < -0.4 is 9.47 Å². The lowest BCUT2D eigenvalue weighted by Crippen LogP contribution is -2.15. The summed E-state index contributed by atoms with van der Waals surface area (Å²) < 4.78 is 13.1. The first-order chi connectivity index (χ1) is 13.5. The maximum absolute atomic E-state index is 5.69. The molecule has 3 heterocycles. The van der Waals surface area contributed by atoms with Crippen LogP contribution in [-0.2, 0) is 5.41 Å².